The highest BCUT2D eigenvalue weighted by Gasteiger charge is 2.03. The van der Waals surface area contributed by atoms with Crippen LogP contribution in [0.4, 0.5) is 0 Å². The van der Waals surface area contributed by atoms with Crippen LogP contribution in [0.5, 0.6) is 0 Å². The molecule has 0 aromatic carbocycles. The lowest BCUT2D eigenvalue weighted by atomic mass is 10.1. The van der Waals surface area contributed by atoms with Gasteiger partial charge in [0.25, 0.3) is 0 Å². The van der Waals surface area contributed by atoms with E-state index in [9.17, 15) is 5.11 Å². The summed E-state index contributed by atoms with van der Waals surface area (Å²) in [6.07, 6.45) is 31.5. The molecular weight excluding hydrogens is 368 g/mol. The molecule has 0 saturated heterocycles. The second kappa shape index (κ2) is 27.0. The molecule has 0 amide bonds. The minimum Gasteiger partial charge on any atom is -0.368 e. The van der Waals surface area contributed by atoms with Gasteiger partial charge in [-0.25, -0.2) is 0 Å². The van der Waals surface area contributed by atoms with E-state index in [1.165, 1.54) is 135 Å². The first-order valence-electron chi connectivity index (χ1n) is 14.1. The van der Waals surface area contributed by atoms with E-state index in [0.717, 1.165) is 25.9 Å². The molecular formula is C28H58O2. The summed E-state index contributed by atoms with van der Waals surface area (Å²) >= 11 is 0. The van der Waals surface area contributed by atoms with Gasteiger partial charge in [0.1, 0.15) is 0 Å². The number of rotatable bonds is 26. The van der Waals surface area contributed by atoms with Crippen LogP contribution in [0.25, 0.3) is 0 Å². The zero-order chi connectivity index (χ0) is 22.0. The topological polar surface area (TPSA) is 29.5 Å². The van der Waals surface area contributed by atoms with Crippen LogP contribution >= 0.6 is 0 Å². The van der Waals surface area contributed by atoms with E-state index in [1.807, 2.05) is 0 Å². The number of hydrogen-bond donors (Lipinski definition) is 1. The maximum Gasteiger partial charge on any atom is 0.154 e. The van der Waals surface area contributed by atoms with E-state index < -0.39 is 6.29 Å². The second-order valence-electron chi connectivity index (χ2n) is 9.54. The highest BCUT2D eigenvalue weighted by molar-refractivity contribution is 4.51. The van der Waals surface area contributed by atoms with Crippen molar-refractivity contribution in [3.8, 4) is 0 Å². The molecule has 0 aromatic heterocycles. The third-order valence-electron chi connectivity index (χ3n) is 6.36. The summed E-state index contributed by atoms with van der Waals surface area (Å²) < 4.78 is 5.58. The molecule has 0 fully saturated rings. The molecule has 0 radical (unpaired) electrons. The van der Waals surface area contributed by atoms with Gasteiger partial charge < -0.3 is 9.84 Å². The Kier molecular flexibility index (Phi) is 26.9. The van der Waals surface area contributed by atoms with Crippen molar-refractivity contribution in [3.63, 3.8) is 0 Å². The van der Waals surface area contributed by atoms with Crippen LogP contribution in [-0.4, -0.2) is 18.0 Å². The molecule has 0 aliphatic carbocycles. The predicted molar refractivity (Wildman–Crippen MR) is 134 cm³/mol. The SMILES string of the molecule is CCCCCCCCCCCCCCOC(O)CCCCCCCCCCCCC. The van der Waals surface area contributed by atoms with E-state index in [2.05, 4.69) is 13.8 Å². The van der Waals surface area contributed by atoms with Crippen molar-refractivity contribution < 1.29 is 9.84 Å². The molecule has 182 valence electrons. The summed E-state index contributed by atoms with van der Waals surface area (Å²) in [4.78, 5) is 0. The molecule has 0 rings (SSSR count). The van der Waals surface area contributed by atoms with Crippen LogP contribution < -0.4 is 0 Å². The first-order valence-corrected chi connectivity index (χ1v) is 14.1. The molecule has 0 saturated carbocycles. The molecule has 0 spiro atoms. The van der Waals surface area contributed by atoms with E-state index in [4.69, 9.17) is 4.74 Å². The predicted octanol–water partition coefficient (Wildman–Crippen LogP) is 9.72. The van der Waals surface area contributed by atoms with E-state index in [0.29, 0.717) is 0 Å². The maximum atomic E-state index is 9.95. The van der Waals surface area contributed by atoms with Crippen molar-refractivity contribution in [1.82, 2.24) is 0 Å². The fraction of sp³-hybridized carbons (Fsp3) is 1.00. The van der Waals surface area contributed by atoms with Crippen LogP contribution in [0.2, 0.25) is 0 Å². The fourth-order valence-electron chi connectivity index (χ4n) is 4.23. The lowest BCUT2D eigenvalue weighted by Gasteiger charge is -2.12. The van der Waals surface area contributed by atoms with Gasteiger partial charge in [0.15, 0.2) is 6.29 Å². The molecule has 0 aromatic rings. The number of aliphatic hydroxyl groups is 1. The Hall–Kier alpha value is -0.0800. The van der Waals surface area contributed by atoms with Crippen molar-refractivity contribution >= 4 is 0 Å². The van der Waals surface area contributed by atoms with Crippen molar-refractivity contribution in [2.75, 3.05) is 6.61 Å². The Morgan fingerprint density at radius 2 is 0.733 bits per heavy atom. The molecule has 0 heterocycles. The van der Waals surface area contributed by atoms with Gasteiger partial charge in [-0.2, -0.15) is 0 Å². The molecule has 0 bridgehead atoms. The normalized spacial score (nSPS) is 12.5. The largest absolute Gasteiger partial charge is 0.368 e. The maximum absolute atomic E-state index is 9.95. The molecule has 1 atom stereocenters. The van der Waals surface area contributed by atoms with E-state index >= 15 is 0 Å². The third-order valence-corrected chi connectivity index (χ3v) is 6.36. The number of hydrogen-bond acceptors (Lipinski definition) is 2. The number of aliphatic hydroxyl groups excluding tert-OH is 1. The molecule has 1 N–H and O–H groups in total. The summed E-state index contributed by atoms with van der Waals surface area (Å²) in [5, 5.41) is 9.95. The summed E-state index contributed by atoms with van der Waals surface area (Å²) in [6, 6.07) is 0. The lowest BCUT2D eigenvalue weighted by Crippen LogP contribution is -2.12. The lowest BCUT2D eigenvalue weighted by molar-refractivity contribution is -0.105. The number of ether oxygens (including phenoxy) is 1. The van der Waals surface area contributed by atoms with Gasteiger partial charge >= 0.3 is 0 Å². The Morgan fingerprint density at radius 3 is 1.10 bits per heavy atom. The average Bonchev–Trinajstić information content (AvgIpc) is 2.75. The Bertz CT molecular complexity index is 292. The minimum atomic E-state index is -0.531. The fourth-order valence-corrected chi connectivity index (χ4v) is 4.23. The smallest absolute Gasteiger partial charge is 0.154 e. The summed E-state index contributed by atoms with van der Waals surface area (Å²) in [6.45, 7) is 5.29. The van der Waals surface area contributed by atoms with Crippen molar-refractivity contribution in [2.24, 2.45) is 0 Å². The van der Waals surface area contributed by atoms with Gasteiger partial charge in [0.05, 0.1) is 0 Å². The van der Waals surface area contributed by atoms with Gasteiger partial charge in [-0.05, 0) is 19.3 Å². The summed E-state index contributed by atoms with van der Waals surface area (Å²) in [5.74, 6) is 0. The van der Waals surface area contributed by atoms with E-state index in [-0.39, 0.29) is 0 Å². The van der Waals surface area contributed by atoms with Crippen molar-refractivity contribution in [3.05, 3.63) is 0 Å². The molecule has 2 nitrogen and oxygen atoms in total. The van der Waals surface area contributed by atoms with E-state index in [1.54, 1.807) is 0 Å². The quantitative estimate of drug-likeness (QED) is 0.110. The van der Waals surface area contributed by atoms with Gasteiger partial charge in [0.2, 0.25) is 0 Å². The zero-order valence-electron chi connectivity index (χ0n) is 21.1. The Labute approximate surface area is 191 Å². The number of unbranched alkanes of at least 4 members (excludes halogenated alkanes) is 21. The minimum absolute atomic E-state index is 0.531. The molecule has 2 heteroatoms. The molecule has 0 aliphatic rings. The second-order valence-corrected chi connectivity index (χ2v) is 9.54. The molecule has 0 aliphatic heterocycles. The standard InChI is InChI=1S/C28H58O2/c1-3-5-7-9-11-13-15-17-19-21-23-25-27-30-28(29)26-24-22-20-18-16-14-12-10-8-6-4-2/h28-29H,3-27H2,1-2H3. The van der Waals surface area contributed by atoms with Crippen LogP contribution in [-0.2, 0) is 4.74 Å². The first kappa shape index (κ1) is 29.9. The first-order chi connectivity index (χ1) is 14.8. The molecule has 30 heavy (non-hydrogen) atoms. The van der Waals surface area contributed by atoms with Crippen LogP contribution in [0.15, 0.2) is 0 Å². The van der Waals surface area contributed by atoms with Crippen molar-refractivity contribution in [2.45, 2.75) is 174 Å². The summed E-state index contributed by atoms with van der Waals surface area (Å²) in [5.41, 5.74) is 0. The monoisotopic (exact) mass is 426 g/mol. The van der Waals surface area contributed by atoms with Crippen LogP contribution in [0.3, 0.4) is 0 Å². The van der Waals surface area contributed by atoms with Gasteiger partial charge in [-0.3, -0.25) is 0 Å². The van der Waals surface area contributed by atoms with Crippen molar-refractivity contribution in [1.29, 1.82) is 0 Å². The van der Waals surface area contributed by atoms with Crippen LogP contribution in [0.1, 0.15) is 168 Å². The zero-order valence-corrected chi connectivity index (χ0v) is 21.1. The Balaban J connectivity index is 3.12. The average molecular weight is 427 g/mol. The third kappa shape index (κ3) is 26.0. The Morgan fingerprint density at radius 1 is 0.433 bits per heavy atom. The highest BCUT2D eigenvalue weighted by Crippen LogP contribution is 2.14. The summed E-state index contributed by atoms with van der Waals surface area (Å²) in [7, 11) is 0. The molecule has 1 unspecified atom stereocenters. The highest BCUT2D eigenvalue weighted by atomic mass is 16.6. The van der Waals surface area contributed by atoms with Crippen LogP contribution in [0, 0.1) is 0 Å². The van der Waals surface area contributed by atoms with Gasteiger partial charge in [-0.15, -0.1) is 0 Å². The van der Waals surface area contributed by atoms with Gasteiger partial charge in [-0.1, -0.05) is 149 Å². The van der Waals surface area contributed by atoms with Gasteiger partial charge in [0, 0.05) is 6.61 Å².